The Labute approximate surface area is 202 Å². The summed E-state index contributed by atoms with van der Waals surface area (Å²) >= 11 is 0. The van der Waals surface area contributed by atoms with E-state index in [9.17, 15) is 4.79 Å². The van der Waals surface area contributed by atoms with E-state index in [2.05, 4.69) is 45.5 Å². The van der Waals surface area contributed by atoms with E-state index in [4.69, 9.17) is 9.72 Å². The molecule has 1 unspecified atom stereocenters. The summed E-state index contributed by atoms with van der Waals surface area (Å²) in [4.78, 5) is 25.8. The lowest BCUT2D eigenvalue weighted by Crippen LogP contribution is -2.48. The molecule has 2 aliphatic carbocycles. The van der Waals surface area contributed by atoms with Crippen molar-refractivity contribution >= 4 is 23.2 Å². The van der Waals surface area contributed by atoms with Gasteiger partial charge in [0.1, 0.15) is 5.76 Å². The molecule has 1 atom stereocenters. The summed E-state index contributed by atoms with van der Waals surface area (Å²) in [5.74, 6) is 2.78. The van der Waals surface area contributed by atoms with Gasteiger partial charge < -0.3 is 19.9 Å². The maximum atomic E-state index is 11.9. The minimum atomic E-state index is 0.237. The molecule has 7 heteroatoms. The van der Waals surface area contributed by atoms with E-state index in [1.165, 1.54) is 36.9 Å². The number of nitrogens with one attached hydrogen (secondary N) is 1. The number of aromatic nitrogens is 2. The summed E-state index contributed by atoms with van der Waals surface area (Å²) in [5.41, 5.74) is 4.48. The van der Waals surface area contributed by atoms with Gasteiger partial charge in [0.2, 0.25) is 11.9 Å². The topological polar surface area (TPSA) is 70.6 Å². The third-order valence-electron chi connectivity index (χ3n) is 7.55. The maximum absolute atomic E-state index is 11.9. The molecular weight excluding hydrogens is 426 g/mol. The maximum Gasteiger partial charge on any atom is 0.227 e. The molecule has 2 heterocycles. The van der Waals surface area contributed by atoms with Crippen LogP contribution < -0.4 is 10.2 Å². The number of anilines is 3. The van der Waals surface area contributed by atoms with Gasteiger partial charge >= 0.3 is 0 Å². The molecule has 1 N–H and O–H groups in total. The van der Waals surface area contributed by atoms with Crippen LogP contribution in [0.1, 0.15) is 56.2 Å². The highest BCUT2D eigenvalue weighted by Crippen LogP contribution is 2.44. The highest BCUT2D eigenvalue weighted by molar-refractivity contribution is 5.76. The molecule has 0 bridgehead atoms. The zero-order valence-electron chi connectivity index (χ0n) is 20.3. The Morgan fingerprint density at radius 3 is 2.53 bits per heavy atom. The molecule has 1 saturated carbocycles. The fraction of sp³-hybridized carbons (Fsp3) is 0.519. The average Bonchev–Trinajstić information content (AvgIpc) is 3.42. The predicted molar refractivity (Wildman–Crippen MR) is 134 cm³/mol. The second-order valence-electron chi connectivity index (χ2n) is 9.53. The van der Waals surface area contributed by atoms with E-state index < -0.39 is 0 Å². The molecule has 1 aromatic carbocycles. The fourth-order valence-electron chi connectivity index (χ4n) is 5.66. The number of carbonyl (C=O) groups is 1. The molecule has 0 radical (unpaired) electrons. The van der Waals surface area contributed by atoms with Gasteiger partial charge in [-0.05, 0) is 61.1 Å². The minimum absolute atomic E-state index is 0.237. The van der Waals surface area contributed by atoms with Crippen molar-refractivity contribution in [2.75, 3.05) is 43.5 Å². The van der Waals surface area contributed by atoms with Gasteiger partial charge in [-0.25, -0.2) is 9.97 Å². The number of nitrogens with zero attached hydrogens (tertiary/aromatic N) is 4. The molecule has 2 aromatic rings. The summed E-state index contributed by atoms with van der Waals surface area (Å²) < 4.78 is 5.78. The number of carbonyl (C=O) groups excluding carboxylic acids is 1. The van der Waals surface area contributed by atoms with Crippen molar-refractivity contribution in [3.63, 3.8) is 0 Å². The van der Waals surface area contributed by atoms with Gasteiger partial charge in [-0.2, -0.15) is 0 Å². The van der Waals surface area contributed by atoms with Crippen molar-refractivity contribution in [1.82, 2.24) is 14.9 Å². The van der Waals surface area contributed by atoms with Crippen LogP contribution in [0.5, 0.6) is 0 Å². The molecule has 7 nitrogen and oxygen atoms in total. The van der Waals surface area contributed by atoms with Crippen LogP contribution in [-0.4, -0.2) is 54.1 Å². The number of rotatable bonds is 6. The molecule has 0 spiro atoms. The zero-order chi connectivity index (χ0) is 23.5. The number of piperazine rings is 1. The van der Waals surface area contributed by atoms with E-state index in [1.807, 2.05) is 18.0 Å². The Hall–Kier alpha value is -3.09. The fourth-order valence-corrected chi connectivity index (χ4v) is 5.66. The van der Waals surface area contributed by atoms with E-state index in [0.717, 1.165) is 49.7 Å². The van der Waals surface area contributed by atoms with Crippen LogP contribution in [0.2, 0.25) is 0 Å². The van der Waals surface area contributed by atoms with Crippen LogP contribution in [0.15, 0.2) is 42.3 Å². The van der Waals surface area contributed by atoms with Crippen LogP contribution in [0, 0.1) is 5.92 Å². The first kappa shape index (κ1) is 22.7. The highest BCUT2D eigenvalue weighted by atomic mass is 16.5. The van der Waals surface area contributed by atoms with Crippen LogP contribution in [0.4, 0.5) is 17.3 Å². The molecular formula is C27H35N5O2. The van der Waals surface area contributed by atoms with Crippen LogP contribution in [-0.2, 0) is 16.0 Å². The van der Waals surface area contributed by atoms with Gasteiger partial charge in [-0.3, -0.25) is 4.79 Å². The molecule has 5 rings (SSSR count). The number of amides is 1. The number of fused-ring (bicyclic) bond motifs is 1. The van der Waals surface area contributed by atoms with Gasteiger partial charge in [0.05, 0.1) is 18.7 Å². The van der Waals surface area contributed by atoms with E-state index >= 15 is 0 Å². The molecule has 1 saturated heterocycles. The third-order valence-corrected chi connectivity index (χ3v) is 7.55. The molecule has 2 fully saturated rings. The largest absolute Gasteiger partial charge is 0.501 e. The Morgan fingerprint density at radius 2 is 1.85 bits per heavy atom. The number of methoxy groups -OCH3 is 1. The second-order valence-corrected chi connectivity index (χ2v) is 9.53. The minimum Gasteiger partial charge on any atom is -0.501 e. The van der Waals surface area contributed by atoms with Crippen molar-refractivity contribution in [3.8, 4) is 0 Å². The average molecular weight is 462 g/mol. The van der Waals surface area contributed by atoms with Crippen molar-refractivity contribution in [3.05, 3.63) is 53.6 Å². The summed E-state index contributed by atoms with van der Waals surface area (Å²) in [6.07, 6.45) is 10.6. The van der Waals surface area contributed by atoms with Gasteiger partial charge in [-0.1, -0.05) is 19.8 Å². The van der Waals surface area contributed by atoms with E-state index in [-0.39, 0.29) is 11.8 Å². The Morgan fingerprint density at radius 1 is 1.12 bits per heavy atom. The zero-order valence-corrected chi connectivity index (χ0v) is 20.3. The number of benzene rings is 1. The van der Waals surface area contributed by atoms with Crippen LogP contribution in [0.25, 0.3) is 0 Å². The van der Waals surface area contributed by atoms with Crippen molar-refractivity contribution in [2.24, 2.45) is 5.92 Å². The lowest BCUT2D eigenvalue weighted by Gasteiger charge is -2.36. The van der Waals surface area contributed by atoms with Gasteiger partial charge in [0.15, 0.2) is 0 Å². The smallest absolute Gasteiger partial charge is 0.227 e. The standard InChI is InChI=1S/C27H35N5O2/c1-3-24(33)32-16-14-31(15-17-32)22-11-9-21(10-12-22)29-27-28-18-20-8-13-23(34-2)25(26(20)30-27)19-6-4-5-7-19/h9-13,18-19,25H,3-8,14-17H2,1-2H3,(H,28,29,30). The van der Waals surface area contributed by atoms with Crippen molar-refractivity contribution in [1.29, 1.82) is 0 Å². The number of ether oxygens (including phenoxy) is 1. The quantitative estimate of drug-likeness (QED) is 0.676. The first-order chi connectivity index (χ1) is 16.7. The number of hydrogen-bond acceptors (Lipinski definition) is 6. The molecule has 180 valence electrons. The second kappa shape index (κ2) is 10.0. The lowest BCUT2D eigenvalue weighted by atomic mass is 9.81. The van der Waals surface area contributed by atoms with Crippen molar-refractivity contribution < 1.29 is 9.53 Å². The van der Waals surface area contributed by atoms with Crippen molar-refractivity contribution in [2.45, 2.75) is 51.4 Å². The number of hydrogen-bond donors (Lipinski definition) is 1. The first-order valence-corrected chi connectivity index (χ1v) is 12.7. The first-order valence-electron chi connectivity index (χ1n) is 12.7. The van der Waals surface area contributed by atoms with E-state index in [0.29, 0.717) is 18.3 Å². The molecule has 34 heavy (non-hydrogen) atoms. The summed E-state index contributed by atoms with van der Waals surface area (Å²) in [5, 5.41) is 3.40. The molecule has 1 amide bonds. The third kappa shape index (κ3) is 4.61. The summed E-state index contributed by atoms with van der Waals surface area (Å²) in [6, 6.07) is 8.42. The van der Waals surface area contributed by atoms with Gasteiger partial charge in [0, 0.05) is 50.2 Å². The molecule has 1 aliphatic heterocycles. The molecule has 1 aromatic heterocycles. The Kier molecular flexibility index (Phi) is 6.70. The van der Waals surface area contributed by atoms with Gasteiger partial charge in [-0.15, -0.1) is 0 Å². The Balaban J connectivity index is 1.28. The summed E-state index contributed by atoms with van der Waals surface area (Å²) in [7, 11) is 1.78. The van der Waals surface area contributed by atoms with Crippen LogP contribution >= 0.6 is 0 Å². The van der Waals surface area contributed by atoms with E-state index in [1.54, 1.807) is 7.11 Å². The normalized spacial score (nSPS) is 20.6. The SMILES string of the molecule is CCC(=O)N1CCN(c2ccc(Nc3ncc4c(n3)C(C3CCCC3)C(OC)=CC4)cc2)CC1. The van der Waals surface area contributed by atoms with Crippen LogP contribution in [0.3, 0.4) is 0 Å². The molecule has 3 aliphatic rings. The number of allylic oxidation sites excluding steroid dienone is 2. The summed E-state index contributed by atoms with van der Waals surface area (Å²) in [6.45, 7) is 5.23. The predicted octanol–water partition coefficient (Wildman–Crippen LogP) is 4.64. The highest BCUT2D eigenvalue weighted by Gasteiger charge is 2.35. The lowest BCUT2D eigenvalue weighted by molar-refractivity contribution is -0.131. The Bertz CT molecular complexity index is 1040. The van der Waals surface area contributed by atoms with Gasteiger partial charge in [0.25, 0.3) is 0 Å². The monoisotopic (exact) mass is 461 g/mol.